The Labute approximate surface area is 300 Å². The van der Waals surface area contributed by atoms with Crippen LogP contribution in [0, 0.1) is 29.9 Å². The minimum absolute atomic E-state index is 0.437. The maximum atomic E-state index is 13.8. The Morgan fingerprint density at radius 1 is 0.980 bits per heavy atom. The molecule has 4 bridgehead atoms. The number of anilines is 2. The molecule has 0 radical (unpaired) electrons. The van der Waals surface area contributed by atoms with Gasteiger partial charge in [-0.25, -0.2) is 13.8 Å². The Morgan fingerprint density at radius 2 is 1.75 bits per heavy atom. The van der Waals surface area contributed by atoms with Gasteiger partial charge in [-0.2, -0.15) is 0 Å². The van der Waals surface area contributed by atoms with E-state index in [1.54, 1.807) is 0 Å². The summed E-state index contributed by atoms with van der Waals surface area (Å²) in [5.41, 5.74) is 9.20. The van der Waals surface area contributed by atoms with Crippen molar-refractivity contribution < 1.29 is 8.78 Å². The van der Waals surface area contributed by atoms with Gasteiger partial charge in [0.1, 0.15) is 11.6 Å². The second-order valence-corrected chi connectivity index (χ2v) is 14.8. The number of hydrogen-bond acceptors (Lipinski definition) is 8. The molecule has 51 heavy (non-hydrogen) atoms. The van der Waals surface area contributed by atoms with Crippen LogP contribution in [0.15, 0.2) is 65.8 Å². The Bertz CT molecular complexity index is 1830. The number of hydrogen-bond donors (Lipinski definition) is 3. The number of fused-ring (bicyclic) bond motifs is 7. The van der Waals surface area contributed by atoms with E-state index in [0.29, 0.717) is 30.1 Å². The Kier molecular flexibility index (Phi) is 10.3. The molecule has 3 aromatic rings. The molecule has 0 aliphatic carbocycles. The predicted octanol–water partition coefficient (Wildman–Crippen LogP) is 7.61. The molecule has 4 aliphatic heterocycles. The highest BCUT2D eigenvalue weighted by Crippen LogP contribution is 2.37. The SMILES string of the molecule is C=C1/N=C2\Nc3ccc(CN4CC5CCC(C4)N5CCc4cc(F)cc(F)c4)cc3N2C[C@H](C)CCCC/C(NC)=C(/C=N)c2cc1cc(C)n2. The minimum Gasteiger partial charge on any atom is -0.391 e. The number of aromatic nitrogens is 1. The number of rotatable bonds is 7. The molecule has 3 atom stereocenters. The summed E-state index contributed by atoms with van der Waals surface area (Å²) >= 11 is 0. The highest BCUT2D eigenvalue weighted by atomic mass is 19.1. The van der Waals surface area contributed by atoms with Crippen molar-refractivity contribution in [2.24, 2.45) is 10.9 Å². The lowest BCUT2D eigenvalue weighted by atomic mass is 9.99. The Balaban J connectivity index is 1.09. The van der Waals surface area contributed by atoms with Crippen molar-refractivity contribution in [1.82, 2.24) is 20.1 Å². The average Bonchev–Trinajstić information content (AvgIpc) is 3.54. The van der Waals surface area contributed by atoms with E-state index < -0.39 is 11.6 Å². The maximum absolute atomic E-state index is 13.8. The van der Waals surface area contributed by atoms with Crippen LogP contribution in [0.4, 0.5) is 20.2 Å². The van der Waals surface area contributed by atoms with E-state index >= 15 is 0 Å². The van der Waals surface area contributed by atoms with Crippen molar-refractivity contribution in [2.75, 3.05) is 43.4 Å². The molecule has 0 saturated carbocycles. The third-order valence-corrected chi connectivity index (χ3v) is 11.0. The second-order valence-electron chi connectivity index (χ2n) is 14.8. The van der Waals surface area contributed by atoms with Gasteiger partial charge in [0.05, 0.1) is 22.8 Å². The standard InChI is InChI=1S/C41H50F2N8/c1-26-7-5-6-8-37(45-4)36(21-44)39-19-31(15-27(2)46-39)28(3)47-41-48-38-12-9-30(18-40(38)51(41)22-26)23-49-24-34-10-11-35(25-49)50(34)14-13-29-16-32(42)20-33(43)17-29/h9,12,15-21,26,34-35,44-45H,3,5-8,10-11,13-14,22-25H2,1-2,4H3,(H,47,48)/b37-36+,44-21?/t26-,34?,35?/m1/s1. The van der Waals surface area contributed by atoms with Crippen molar-refractivity contribution in [3.63, 3.8) is 0 Å². The summed E-state index contributed by atoms with van der Waals surface area (Å²) < 4.78 is 27.6. The van der Waals surface area contributed by atoms with Crippen molar-refractivity contribution in [3.05, 3.63) is 101 Å². The summed E-state index contributed by atoms with van der Waals surface area (Å²) in [6.45, 7) is 13.2. The molecule has 2 saturated heterocycles. The largest absolute Gasteiger partial charge is 0.391 e. The number of aryl methyl sites for hydroxylation is 1. The number of pyridine rings is 1. The van der Waals surface area contributed by atoms with Crippen LogP contribution in [0.3, 0.4) is 0 Å². The van der Waals surface area contributed by atoms with Gasteiger partial charge in [0.15, 0.2) is 0 Å². The molecule has 268 valence electrons. The summed E-state index contributed by atoms with van der Waals surface area (Å²) in [5, 5.41) is 15.2. The van der Waals surface area contributed by atoms with E-state index in [2.05, 4.69) is 57.0 Å². The fourth-order valence-electron chi connectivity index (χ4n) is 8.50. The quantitative estimate of drug-likeness (QED) is 0.221. The Morgan fingerprint density at radius 3 is 2.47 bits per heavy atom. The van der Waals surface area contributed by atoms with E-state index in [4.69, 9.17) is 15.4 Å². The first-order chi connectivity index (χ1) is 24.7. The van der Waals surface area contributed by atoms with Gasteiger partial charge in [-0.3, -0.25) is 14.8 Å². The molecule has 1 aromatic heterocycles. The first-order valence-electron chi connectivity index (χ1n) is 18.5. The van der Waals surface area contributed by atoms with Crippen molar-refractivity contribution in [1.29, 1.82) is 5.41 Å². The van der Waals surface area contributed by atoms with E-state index in [9.17, 15) is 8.78 Å². The normalized spacial score (nSPS) is 25.3. The highest BCUT2D eigenvalue weighted by Gasteiger charge is 2.39. The lowest BCUT2D eigenvalue weighted by Gasteiger charge is -2.41. The number of halogens is 2. The number of allylic oxidation sites excluding steroid dienone is 2. The van der Waals surface area contributed by atoms with Crippen LogP contribution in [-0.2, 0) is 13.0 Å². The van der Waals surface area contributed by atoms with E-state index in [1.807, 2.05) is 26.1 Å². The number of nitrogens with one attached hydrogen (secondary N) is 3. The van der Waals surface area contributed by atoms with E-state index in [1.165, 1.54) is 23.9 Å². The second kappa shape index (κ2) is 15.1. The molecule has 8 nitrogen and oxygen atoms in total. The smallest absolute Gasteiger partial charge is 0.208 e. The molecule has 2 aromatic carbocycles. The van der Waals surface area contributed by atoms with Crippen LogP contribution in [-0.4, -0.2) is 72.3 Å². The van der Waals surface area contributed by atoms with Crippen molar-refractivity contribution in [3.8, 4) is 0 Å². The van der Waals surface area contributed by atoms with Crippen molar-refractivity contribution in [2.45, 2.75) is 77.4 Å². The lowest BCUT2D eigenvalue weighted by molar-refractivity contribution is 0.0635. The van der Waals surface area contributed by atoms with Gasteiger partial charge in [-0.05, 0) is 98.9 Å². The van der Waals surface area contributed by atoms with Gasteiger partial charge in [0.25, 0.3) is 0 Å². The zero-order valence-corrected chi connectivity index (χ0v) is 30.1. The zero-order valence-electron chi connectivity index (χ0n) is 30.1. The number of nitrogens with zero attached hydrogens (tertiary/aromatic N) is 5. The minimum atomic E-state index is -0.504. The monoisotopic (exact) mass is 692 g/mol. The number of guanidine groups is 1. The molecule has 5 heterocycles. The summed E-state index contributed by atoms with van der Waals surface area (Å²) in [4.78, 5) is 17.4. The van der Waals surface area contributed by atoms with Crippen LogP contribution in [0.25, 0.3) is 11.3 Å². The maximum Gasteiger partial charge on any atom is 0.208 e. The first kappa shape index (κ1) is 35.0. The topological polar surface area (TPSA) is 82.9 Å². The molecule has 10 heteroatoms. The van der Waals surface area contributed by atoms with Crippen LogP contribution >= 0.6 is 0 Å². The Hall–Kier alpha value is -4.41. The van der Waals surface area contributed by atoms with Gasteiger partial charge in [0.2, 0.25) is 5.96 Å². The number of benzene rings is 2. The highest BCUT2D eigenvalue weighted by molar-refractivity contribution is 6.16. The van der Waals surface area contributed by atoms with Crippen LogP contribution < -0.4 is 15.5 Å². The lowest BCUT2D eigenvalue weighted by Crippen LogP contribution is -2.53. The third-order valence-electron chi connectivity index (χ3n) is 11.0. The fraction of sp³-hybridized carbons (Fsp3) is 0.439. The van der Waals surface area contributed by atoms with Gasteiger partial charge in [-0.1, -0.05) is 26.0 Å². The summed E-state index contributed by atoms with van der Waals surface area (Å²) in [7, 11) is 1.93. The predicted molar refractivity (Wildman–Crippen MR) is 204 cm³/mol. The van der Waals surface area contributed by atoms with Crippen LogP contribution in [0.1, 0.15) is 73.5 Å². The zero-order chi connectivity index (χ0) is 35.6. The van der Waals surface area contributed by atoms with Crippen molar-refractivity contribution >= 4 is 34.8 Å². The van der Waals surface area contributed by atoms with Gasteiger partial charge >= 0.3 is 0 Å². The molecule has 3 N–H and O–H groups in total. The first-order valence-corrected chi connectivity index (χ1v) is 18.5. The molecule has 2 unspecified atom stereocenters. The molecule has 7 rings (SSSR count). The fourth-order valence-corrected chi connectivity index (χ4v) is 8.50. The summed E-state index contributed by atoms with van der Waals surface area (Å²) in [6.07, 6.45) is 8.46. The number of likely N-dealkylation sites (tertiary alicyclic amines) is 1. The third kappa shape index (κ3) is 7.77. The molecule has 0 spiro atoms. The number of aliphatic imine (C=N–C) groups is 1. The van der Waals surface area contributed by atoms with Gasteiger partial charge in [0, 0.05) is 86.7 Å². The van der Waals surface area contributed by atoms with Gasteiger partial charge in [-0.15, -0.1) is 0 Å². The van der Waals surface area contributed by atoms with E-state index in [-0.39, 0.29) is 0 Å². The van der Waals surface area contributed by atoms with Crippen LogP contribution in [0.5, 0.6) is 0 Å². The van der Waals surface area contributed by atoms with Gasteiger partial charge < -0.3 is 20.9 Å². The summed E-state index contributed by atoms with van der Waals surface area (Å²) in [5.74, 6) is 0.214. The van der Waals surface area contributed by atoms with Crippen LogP contribution in [0.2, 0.25) is 0 Å². The molecule has 4 aliphatic rings. The number of piperazine rings is 1. The molecule has 0 amide bonds. The molecule has 2 fully saturated rings. The summed E-state index contributed by atoms with van der Waals surface area (Å²) in [6, 6.07) is 15.5. The molecular formula is C41H50F2N8. The van der Waals surface area contributed by atoms with E-state index in [0.717, 1.165) is 128 Å². The average molecular weight is 693 g/mol. The molecular weight excluding hydrogens is 643 g/mol.